The van der Waals surface area contributed by atoms with E-state index in [0.717, 1.165) is 22.4 Å². The Morgan fingerprint density at radius 3 is 2.17 bits per heavy atom. The molecule has 1 atom stereocenters. The van der Waals surface area contributed by atoms with Crippen LogP contribution in [0.2, 0.25) is 0 Å². The summed E-state index contributed by atoms with van der Waals surface area (Å²) in [6.07, 6.45) is 0. The number of nitrogens with zero attached hydrogens (tertiary/aromatic N) is 4. The number of carbonyl (C=O) groups is 1. The van der Waals surface area contributed by atoms with Crippen LogP contribution in [0.25, 0.3) is 10.9 Å². The minimum absolute atomic E-state index is 0.192. The largest absolute Gasteiger partial charge is 0.480 e. The Morgan fingerprint density at radius 2 is 1.55 bits per heavy atom. The van der Waals surface area contributed by atoms with E-state index >= 15 is 0 Å². The van der Waals surface area contributed by atoms with Gasteiger partial charge in [-0.25, -0.2) is 13.6 Å². The Morgan fingerprint density at radius 1 is 0.915 bits per heavy atom. The molecule has 0 aliphatic carbocycles. The Bertz CT molecular complexity index is 2130. The van der Waals surface area contributed by atoms with Crippen LogP contribution in [-0.2, 0) is 28.6 Å². The molecule has 47 heavy (non-hydrogen) atoms. The number of anilines is 1. The Hall–Kier alpha value is -4.84. The molecule has 1 fully saturated rings. The first-order valence-electron chi connectivity index (χ1n) is 14.8. The van der Waals surface area contributed by atoms with Gasteiger partial charge in [0.1, 0.15) is 6.04 Å². The number of aromatic nitrogens is 2. The number of hydrogen-bond acceptors (Lipinski definition) is 6. The van der Waals surface area contributed by atoms with Crippen molar-refractivity contribution in [1.82, 2.24) is 18.2 Å². The summed E-state index contributed by atoms with van der Waals surface area (Å²) in [7, 11) is -2.44. The number of piperazine rings is 1. The third kappa shape index (κ3) is 7.27. The monoisotopic (exact) mass is 665 g/mol. The van der Waals surface area contributed by atoms with Crippen molar-refractivity contribution in [3.05, 3.63) is 110 Å². The minimum Gasteiger partial charge on any atom is -0.480 e. The highest BCUT2D eigenvalue weighted by atomic mass is 32.2. The van der Waals surface area contributed by atoms with Gasteiger partial charge in [0, 0.05) is 50.0 Å². The number of aryl methyl sites for hydroxylation is 1. The van der Waals surface area contributed by atoms with Crippen molar-refractivity contribution in [2.75, 3.05) is 31.1 Å². The van der Waals surface area contributed by atoms with Gasteiger partial charge in [0.05, 0.1) is 17.4 Å². The lowest BCUT2D eigenvalue weighted by molar-refractivity contribution is -0.140. The molecule has 4 aromatic rings. The number of nitrogens with one attached hydrogen (secondary N) is 1. The summed E-state index contributed by atoms with van der Waals surface area (Å²) in [5.41, 5.74) is 1.60. The molecule has 1 saturated heterocycles. The molecule has 0 amide bonds. The van der Waals surface area contributed by atoms with Crippen LogP contribution >= 0.6 is 0 Å². The second kappa shape index (κ2) is 13.5. The molecular formula is C33H33F2N5O6S. The second-order valence-corrected chi connectivity index (χ2v) is 13.3. The smallest absolute Gasteiger partial charge is 0.331 e. The molecule has 246 valence electrons. The van der Waals surface area contributed by atoms with Crippen molar-refractivity contribution in [2.45, 2.75) is 26.4 Å². The van der Waals surface area contributed by atoms with Crippen LogP contribution in [0.5, 0.6) is 0 Å². The van der Waals surface area contributed by atoms with E-state index < -0.39 is 51.0 Å². The average molecular weight is 666 g/mol. The number of fused-ring (bicyclic) bond motifs is 1. The summed E-state index contributed by atoms with van der Waals surface area (Å²) in [4.78, 5) is 39.7. The maximum absolute atomic E-state index is 13.7. The Balaban J connectivity index is 1.29. The van der Waals surface area contributed by atoms with Crippen molar-refractivity contribution in [3.63, 3.8) is 0 Å². The van der Waals surface area contributed by atoms with Crippen LogP contribution < -0.4 is 20.9 Å². The van der Waals surface area contributed by atoms with Crippen molar-refractivity contribution in [3.8, 4) is 11.8 Å². The molecule has 14 heteroatoms. The van der Waals surface area contributed by atoms with Crippen LogP contribution in [0.3, 0.4) is 0 Å². The zero-order valence-corrected chi connectivity index (χ0v) is 26.7. The van der Waals surface area contributed by atoms with Gasteiger partial charge < -0.3 is 10.0 Å². The van der Waals surface area contributed by atoms with Crippen LogP contribution in [0.1, 0.15) is 30.5 Å². The van der Waals surface area contributed by atoms with Crippen LogP contribution in [0, 0.1) is 29.4 Å². The predicted molar refractivity (Wildman–Crippen MR) is 173 cm³/mol. The molecule has 1 aromatic heterocycles. The fraction of sp³-hybridized carbons (Fsp3) is 0.303. The summed E-state index contributed by atoms with van der Waals surface area (Å²) >= 11 is 0. The van der Waals surface area contributed by atoms with Gasteiger partial charge in [0.15, 0.2) is 11.6 Å². The molecule has 1 aliphatic heterocycles. The molecule has 2 N–H and O–H groups in total. The topological polar surface area (TPSA) is 134 Å². The third-order valence-corrected chi connectivity index (χ3v) is 9.64. The van der Waals surface area contributed by atoms with Crippen LogP contribution in [-0.4, -0.2) is 65.2 Å². The summed E-state index contributed by atoms with van der Waals surface area (Å²) in [6.45, 7) is 4.26. The highest BCUT2D eigenvalue weighted by Gasteiger charge is 2.33. The first-order chi connectivity index (χ1) is 22.2. The number of hydrogen-bond donors (Lipinski definition) is 2. The molecular weight excluding hydrogens is 632 g/mol. The quantitative estimate of drug-likeness (QED) is 0.277. The summed E-state index contributed by atoms with van der Waals surface area (Å²) in [6, 6.07) is 14.3. The summed E-state index contributed by atoms with van der Waals surface area (Å²) in [5, 5.41) is 9.60. The highest BCUT2D eigenvalue weighted by Crippen LogP contribution is 2.19. The molecule has 0 radical (unpaired) electrons. The highest BCUT2D eigenvalue weighted by molar-refractivity contribution is 7.87. The van der Waals surface area contributed by atoms with Gasteiger partial charge >= 0.3 is 11.7 Å². The third-order valence-electron chi connectivity index (χ3n) is 8.05. The second-order valence-electron chi connectivity index (χ2n) is 11.6. The van der Waals surface area contributed by atoms with Gasteiger partial charge in [-0.1, -0.05) is 31.8 Å². The van der Waals surface area contributed by atoms with Crippen molar-refractivity contribution >= 4 is 32.8 Å². The Labute approximate surface area is 269 Å². The molecule has 11 nitrogen and oxygen atoms in total. The SMILES string of the molecule is CC(C)[C@@H](NS(=O)(=O)N1CCN(c2ccc(C#Cc3ccc4c(c3)c(=O)n(Cc3ccc(F)c(F)c3)c(=O)n4C)cc2)CC1)C(=O)O. The van der Waals surface area contributed by atoms with Gasteiger partial charge in [-0.05, 0) is 66.1 Å². The van der Waals surface area contributed by atoms with Crippen LogP contribution in [0.15, 0.2) is 70.3 Å². The first kappa shape index (κ1) is 33.5. The molecule has 3 aromatic carbocycles. The zero-order chi connectivity index (χ0) is 34.0. The lowest BCUT2D eigenvalue weighted by Gasteiger charge is -2.36. The van der Waals surface area contributed by atoms with Gasteiger partial charge in [-0.3, -0.25) is 18.7 Å². The number of carboxylic acid groups (broad SMARTS) is 1. The van der Waals surface area contributed by atoms with E-state index in [0.29, 0.717) is 29.7 Å². The maximum Gasteiger partial charge on any atom is 0.331 e. The van der Waals surface area contributed by atoms with E-state index in [2.05, 4.69) is 16.6 Å². The average Bonchev–Trinajstić information content (AvgIpc) is 3.05. The fourth-order valence-corrected chi connectivity index (χ4v) is 6.83. The molecule has 0 saturated carbocycles. The molecule has 2 heterocycles. The van der Waals surface area contributed by atoms with Crippen molar-refractivity contribution < 1.29 is 27.1 Å². The van der Waals surface area contributed by atoms with Gasteiger partial charge in [0.2, 0.25) is 0 Å². The molecule has 0 unspecified atom stereocenters. The van der Waals surface area contributed by atoms with E-state index in [1.54, 1.807) is 32.0 Å². The number of aliphatic carboxylic acids is 1. The van der Waals surface area contributed by atoms with Crippen LogP contribution in [0.4, 0.5) is 14.5 Å². The minimum atomic E-state index is -3.97. The molecule has 0 bridgehead atoms. The molecule has 1 aliphatic rings. The van der Waals surface area contributed by atoms with Gasteiger partial charge in [-0.15, -0.1) is 0 Å². The Kier molecular flexibility index (Phi) is 9.62. The van der Waals surface area contributed by atoms with E-state index in [4.69, 9.17) is 0 Å². The maximum atomic E-state index is 13.7. The number of halogens is 2. The zero-order valence-electron chi connectivity index (χ0n) is 25.9. The molecule has 5 rings (SSSR count). The molecule has 0 spiro atoms. The standard InChI is InChI=1S/C33H33F2N5O6S/c1-21(2)30(32(42)43)36-47(45,46)39-16-14-38(15-17-39)25-10-6-22(7-11-25)4-5-23-9-13-29-26(18-23)31(41)40(33(44)37(29)3)20-24-8-12-27(34)28(35)19-24/h6-13,18-19,21,30,36H,14-17,20H2,1-3H3,(H,42,43)/t30-/m1/s1. The van der Waals surface area contributed by atoms with E-state index in [9.17, 15) is 36.7 Å². The van der Waals surface area contributed by atoms with Crippen molar-refractivity contribution in [2.24, 2.45) is 13.0 Å². The lowest BCUT2D eigenvalue weighted by Crippen LogP contribution is -2.55. The van der Waals surface area contributed by atoms with E-state index in [1.165, 1.54) is 22.0 Å². The predicted octanol–water partition coefficient (Wildman–Crippen LogP) is 2.49. The van der Waals surface area contributed by atoms with Gasteiger partial charge in [-0.2, -0.15) is 17.4 Å². The fourth-order valence-electron chi connectivity index (χ4n) is 5.35. The number of rotatable bonds is 8. The van der Waals surface area contributed by atoms with Gasteiger partial charge in [0.25, 0.3) is 15.8 Å². The number of benzene rings is 3. The lowest BCUT2D eigenvalue weighted by atomic mass is 10.1. The van der Waals surface area contributed by atoms with Crippen molar-refractivity contribution in [1.29, 1.82) is 0 Å². The summed E-state index contributed by atoms with van der Waals surface area (Å²) < 4.78 is 58.5. The van der Waals surface area contributed by atoms with E-state index in [1.807, 2.05) is 29.2 Å². The normalized spacial score (nSPS) is 14.6. The van der Waals surface area contributed by atoms with E-state index in [-0.39, 0.29) is 30.6 Å². The number of carboxylic acids is 1. The first-order valence-corrected chi connectivity index (χ1v) is 16.2. The summed E-state index contributed by atoms with van der Waals surface area (Å²) in [5.74, 6) is 2.37.